The van der Waals surface area contributed by atoms with Crippen LogP contribution >= 0.6 is 0 Å². The molecule has 1 nitrogen and oxygen atoms in total. The normalized spacial score (nSPS) is 11.5. The summed E-state index contributed by atoms with van der Waals surface area (Å²) in [5.41, 5.74) is -1.31. The van der Waals surface area contributed by atoms with Gasteiger partial charge in [-0.25, -0.2) is 8.78 Å². The average molecular weight is 198 g/mol. The molecule has 76 valence electrons. The maximum Gasteiger partial charge on any atom is 0.162 e. The molecule has 0 atom stereocenters. The van der Waals surface area contributed by atoms with E-state index in [0.29, 0.717) is 5.56 Å². The minimum Gasteiger partial charge on any atom is -0.294 e. The molecule has 0 heterocycles. The predicted molar refractivity (Wildman–Crippen MR) is 50.5 cm³/mol. The molecule has 1 aromatic carbocycles. The van der Waals surface area contributed by atoms with E-state index in [0.717, 1.165) is 6.07 Å². The molecule has 3 heteroatoms. The summed E-state index contributed by atoms with van der Waals surface area (Å²) in [6, 6.07) is 3.73. The molecule has 1 aromatic rings. The van der Waals surface area contributed by atoms with Gasteiger partial charge in [0.05, 0.1) is 5.56 Å². The van der Waals surface area contributed by atoms with Crippen molar-refractivity contribution in [2.24, 2.45) is 0 Å². The largest absolute Gasteiger partial charge is 0.294 e. The van der Waals surface area contributed by atoms with Crippen LogP contribution in [0.25, 0.3) is 0 Å². The van der Waals surface area contributed by atoms with E-state index in [-0.39, 0.29) is 5.56 Å². The molecule has 0 fully saturated rings. The van der Waals surface area contributed by atoms with E-state index in [1.165, 1.54) is 32.9 Å². The highest BCUT2D eigenvalue weighted by atomic mass is 19.1. The first-order valence-corrected chi connectivity index (χ1v) is 4.32. The number of carbonyl (C=O) groups is 1. The predicted octanol–water partition coefficient (Wildman–Crippen LogP) is 3.23. The van der Waals surface area contributed by atoms with E-state index in [4.69, 9.17) is 0 Å². The third-order valence-electron chi connectivity index (χ3n) is 2.03. The molecular weight excluding hydrogens is 186 g/mol. The number of ketones is 1. The van der Waals surface area contributed by atoms with Crippen molar-refractivity contribution < 1.29 is 13.6 Å². The number of benzene rings is 1. The fourth-order valence-electron chi connectivity index (χ4n) is 1.16. The molecular formula is C11H12F2O. The van der Waals surface area contributed by atoms with Crippen molar-refractivity contribution in [2.75, 3.05) is 0 Å². The summed E-state index contributed by atoms with van der Waals surface area (Å²) in [5.74, 6) is -1.00. The summed E-state index contributed by atoms with van der Waals surface area (Å²) in [7, 11) is 0. The van der Waals surface area contributed by atoms with Gasteiger partial charge in [0.2, 0.25) is 0 Å². The van der Waals surface area contributed by atoms with Crippen molar-refractivity contribution in [1.29, 1.82) is 0 Å². The Bertz CT molecular complexity index is 364. The van der Waals surface area contributed by atoms with Crippen molar-refractivity contribution >= 4 is 5.78 Å². The van der Waals surface area contributed by atoms with Crippen LogP contribution in [0.1, 0.15) is 36.7 Å². The summed E-state index contributed by atoms with van der Waals surface area (Å²) < 4.78 is 26.5. The lowest BCUT2D eigenvalue weighted by Gasteiger charge is -2.15. The summed E-state index contributed by atoms with van der Waals surface area (Å²) in [6.45, 7) is 3.99. The Balaban J connectivity index is 3.27. The van der Waals surface area contributed by atoms with Crippen molar-refractivity contribution in [1.82, 2.24) is 0 Å². The van der Waals surface area contributed by atoms with Crippen molar-refractivity contribution in [3.63, 3.8) is 0 Å². The Hall–Kier alpha value is -1.25. The number of alkyl halides is 1. The quantitative estimate of drug-likeness (QED) is 0.667. The van der Waals surface area contributed by atoms with Crippen LogP contribution in [-0.4, -0.2) is 5.78 Å². The molecule has 0 unspecified atom stereocenters. The highest BCUT2D eigenvalue weighted by Gasteiger charge is 2.20. The van der Waals surface area contributed by atoms with Gasteiger partial charge in [0.15, 0.2) is 5.78 Å². The lowest BCUT2D eigenvalue weighted by Crippen LogP contribution is -2.11. The molecule has 0 saturated carbocycles. The summed E-state index contributed by atoms with van der Waals surface area (Å²) in [5, 5.41) is 0. The zero-order valence-electron chi connectivity index (χ0n) is 8.40. The molecule has 14 heavy (non-hydrogen) atoms. The van der Waals surface area contributed by atoms with Gasteiger partial charge in [0.1, 0.15) is 11.5 Å². The van der Waals surface area contributed by atoms with Crippen LogP contribution in [0.4, 0.5) is 8.78 Å². The second-order valence-electron chi connectivity index (χ2n) is 3.72. The SMILES string of the molecule is CC(=O)c1cc(C(C)(C)F)ccc1F. The lowest BCUT2D eigenvalue weighted by molar-refractivity contribution is 0.101. The molecule has 0 N–H and O–H groups in total. The topological polar surface area (TPSA) is 17.1 Å². The monoisotopic (exact) mass is 198 g/mol. The highest BCUT2D eigenvalue weighted by Crippen LogP contribution is 2.26. The van der Waals surface area contributed by atoms with Gasteiger partial charge in [-0.15, -0.1) is 0 Å². The maximum absolute atomic E-state index is 13.5. The summed E-state index contributed by atoms with van der Waals surface area (Å²) in [6.07, 6.45) is 0. The van der Waals surface area contributed by atoms with Gasteiger partial charge >= 0.3 is 0 Å². The molecule has 0 radical (unpaired) electrons. The second kappa shape index (κ2) is 3.48. The van der Waals surface area contributed by atoms with Crippen LogP contribution in [-0.2, 0) is 5.67 Å². The van der Waals surface area contributed by atoms with E-state index < -0.39 is 17.3 Å². The van der Waals surface area contributed by atoms with Gasteiger partial charge < -0.3 is 0 Å². The number of halogens is 2. The number of rotatable bonds is 2. The average Bonchev–Trinajstić information content (AvgIpc) is 2.02. The molecule has 1 rings (SSSR count). The Morgan fingerprint density at radius 1 is 1.36 bits per heavy atom. The summed E-state index contributed by atoms with van der Waals surface area (Å²) >= 11 is 0. The first-order chi connectivity index (χ1) is 6.32. The fourth-order valence-corrected chi connectivity index (χ4v) is 1.16. The Morgan fingerprint density at radius 3 is 2.36 bits per heavy atom. The standard InChI is InChI=1S/C11H12F2O/c1-7(14)9-6-8(11(2,3)13)4-5-10(9)12/h4-6H,1-3H3. The third kappa shape index (κ3) is 2.16. The smallest absolute Gasteiger partial charge is 0.162 e. The van der Waals surface area contributed by atoms with Crippen LogP contribution in [0, 0.1) is 5.82 Å². The van der Waals surface area contributed by atoms with Crippen LogP contribution in [0.15, 0.2) is 18.2 Å². The van der Waals surface area contributed by atoms with Gasteiger partial charge in [-0.3, -0.25) is 4.79 Å². The van der Waals surface area contributed by atoms with Gasteiger partial charge in [-0.2, -0.15) is 0 Å². The molecule has 0 spiro atoms. The van der Waals surface area contributed by atoms with Crippen molar-refractivity contribution in [3.05, 3.63) is 35.1 Å². The van der Waals surface area contributed by atoms with Gasteiger partial charge in [0.25, 0.3) is 0 Å². The molecule has 0 aromatic heterocycles. The van der Waals surface area contributed by atoms with E-state index in [1.54, 1.807) is 0 Å². The van der Waals surface area contributed by atoms with Crippen LogP contribution < -0.4 is 0 Å². The van der Waals surface area contributed by atoms with E-state index in [2.05, 4.69) is 0 Å². The fraction of sp³-hybridized carbons (Fsp3) is 0.364. The first kappa shape index (κ1) is 10.8. The van der Waals surface area contributed by atoms with Crippen molar-refractivity contribution in [2.45, 2.75) is 26.4 Å². The lowest BCUT2D eigenvalue weighted by atomic mass is 9.97. The van der Waals surface area contributed by atoms with E-state index in [9.17, 15) is 13.6 Å². The molecule has 0 amide bonds. The van der Waals surface area contributed by atoms with Gasteiger partial charge in [-0.05, 0) is 38.5 Å². The second-order valence-corrected chi connectivity index (χ2v) is 3.72. The zero-order valence-corrected chi connectivity index (χ0v) is 8.40. The maximum atomic E-state index is 13.5. The number of hydrogen-bond acceptors (Lipinski definition) is 1. The van der Waals surface area contributed by atoms with Crippen LogP contribution in [0.3, 0.4) is 0 Å². The zero-order chi connectivity index (χ0) is 10.9. The summed E-state index contributed by atoms with van der Waals surface area (Å²) in [4.78, 5) is 11.0. The Morgan fingerprint density at radius 2 is 1.93 bits per heavy atom. The third-order valence-corrected chi connectivity index (χ3v) is 2.03. The Kier molecular flexibility index (Phi) is 2.69. The molecule has 0 aliphatic carbocycles. The Labute approximate surface area is 81.7 Å². The molecule has 0 aliphatic heterocycles. The van der Waals surface area contributed by atoms with E-state index in [1.807, 2.05) is 0 Å². The van der Waals surface area contributed by atoms with Crippen molar-refractivity contribution in [3.8, 4) is 0 Å². The minimum atomic E-state index is -1.56. The highest BCUT2D eigenvalue weighted by molar-refractivity contribution is 5.94. The number of hydrogen-bond donors (Lipinski definition) is 0. The van der Waals surface area contributed by atoms with E-state index >= 15 is 0 Å². The molecule has 0 bridgehead atoms. The number of carbonyl (C=O) groups excluding carboxylic acids is 1. The van der Waals surface area contributed by atoms with Gasteiger partial charge in [-0.1, -0.05) is 6.07 Å². The van der Waals surface area contributed by atoms with Gasteiger partial charge in [0, 0.05) is 0 Å². The van der Waals surface area contributed by atoms with Crippen LogP contribution in [0.2, 0.25) is 0 Å². The van der Waals surface area contributed by atoms with Crippen LogP contribution in [0.5, 0.6) is 0 Å². The molecule has 0 aliphatic rings. The number of Topliss-reactive ketones (excluding diaryl/α,β-unsaturated/α-hetero) is 1. The first-order valence-electron chi connectivity index (χ1n) is 4.32. The molecule has 0 saturated heterocycles. The minimum absolute atomic E-state index is 0.0618.